The first kappa shape index (κ1) is 20.2. The molecule has 1 aromatic carbocycles. The molecule has 0 fully saturated rings. The number of nitrogens with zero attached hydrogens (tertiary/aromatic N) is 4. The number of hydrogen-bond donors (Lipinski definition) is 1. The predicted molar refractivity (Wildman–Crippen MR) is 109 cm³/mol. The SMILES string of the molecule is COCC(=O)N1CCn2c(c(-c3cn[nH]c3)c3c(OCC#N)cc(Cl)c(Cl)c32)C1=O. The number of carbonyl (C=O) groups is 2. The van der Waals surface area contributed by atoms with Crippen LogP contribution in [0.4, 0.5) is 0 Å². The van der Waals surface area contributed by atoms with Gasteiger partial charge in [0.25, 0.3) is 11.8 Å². The molecular weight excluding hydrogens is 433 g/mol. The number of nitrogens with one attached hydrogen (secondary N) is 1. The van der Waals surface area contributed by atoms with Gasteiger partial charge in [-0.3, -0.25) is 19.6 Å². The smallest absolute Gasteiger partial charge is 0.277 e. The van der Waals surface area contributed by atoms with Crippen LogP contribution in [-0.4, -0.2) is 58.3 Å². The molecule has 9 nitrogen and oxygen atoms in total. The van der Waals surface area contributed by atoms with E-state index in [0.29, 0.717) is 34.3 Å². The topological polar surface area (TPSA) is 113 Å². The third-order valence-corrected chi connectivity index (χ3v) is 5.61. The van der Waals surface area contributed by atoms with E-state index < -0.39 is 11.8 Å². The van der Waals surface area contributed by atoms with Crippen molar-refractivity contribution in [3.05, 3.63) is 34.2 Å². The van der Waals surface area contributed by atoms with Gasteiger partial charge < -0.3 is 14.0 Å². The number of amides is 2. The van der Waals surface area contributed by atoms with Crippen molar-refractivity contribution < 1.29 is 19.1 Å². The number of benzene rings is 1. The molecule has 2 amide bonds. The Morgan fingerprint density at radius 3 is 2.87 bits per heavy atom. The van der Waals surface area contributed by atoms with Crippen LogP contribution in [0.2, 0.25) is 10.0 Å². The number of nitriles is 1. The molecule has 3 heterocycles. The average molecular weight is 448 g/mol. The number of hydrogen-bond acceptors (Lipinski definition) is 6. The average Bonchev–Trinajstić information content (AvgIpc) is 3.36. The van der Waals surface area contributed by atoms with E-state index in [-0.39, 0.29) is 35.5 Å². The maximum Gasteiger partial charge on any atom is 0.277 e. The van der Waals surface area contributed by atoms with E-state index >= 15 is 0 Å². The number of H-pyrrole nitrogens is 1. The lowest BCUT2D eigenvalue weighted by atomic mass is 10.0. The molecule has 0 radical (unpaired) electrons. The molecule has 0 spiro atoms. The fraction of sp³-hybridized carbons (Fsp3) is 0.263. The molecule has 0 bridgehead atoms. The highest BCUT2D eigenvalue weighted by Crippen LogP contribution is 2.46. The van der Waals surface area contributed by atoms with Crippen molar-refractivity contribution in [2.45, 2.75) is 6.54 Å². The van der Waals surface area contributed by atoms with Crippen molar-refractivity contribution in [1.82, 2.24) is 19.7 Å². The fourth-order valence-corrected chi connectivity index (χ4v) is 4.10. The van der Waals surface area contributed by atoms with Crippen LogP contribution in [0.3, 0.4) is 0 Å². The highest BCUT2D eigenvalue weighted by Gasteiger charge is 2.36. The molecule has 0 saturated carbocycles. The third-order valence-electron chi connectivity index (χ3n) is 4.83. The van der Waals surface area contributed by atoms with Crippen molar-refractivity contribution in [1.29, 1.82) is 5.26 Å². The lowest BCUT2D eigenvalue weighted by Crippen LogP contribution is -2.45. The summed E-state index contributed by atoms with van der Waals surface area (Å²) in [6, 6.07) is 3.43. The van der Waals surface area contributed by atoms with Crippen molar-refractivity contribution >= 4 is 45.9 Å². The molecule has 3 aromatic rings. The number of rotatable bonds is 5. The summed E-state index contributed by atoms with van der Waals surface area (Å²) in [4.78, 5) is 26.9. The van der Waals surface area contributed by atoms with Gasteiger partial charge >= 0.3 is 0 Å². The zero-order valence-corrected chi connectivity index (χ0v) is 17.3. The minimum absolute atomic E-state index is 0.153. The Labute approximate surface area is 180 Å². The summed E-state index contributed by atoms with van der Waals surface area (Å²) in [5, 5.41) is 16.7. The number of aromatic amines is 1. The highest BCUT2D eigenvalue weighted by molar-refractivity contribution is 6.46. The summed E-state index contributed by atoms with van der Waals surface area (Å²) in [7, 11) is 1.39. The second kappa shape index (κ2) is 7.99. The summed E-state index contributed by atoms with van der Waals surface area (Å²) in [5.74, 6) is -0.627. The molecule has 4 rings (SSSR count). The molecule has 11 heteroatoms. The Hall–Kier alpha value is -3.06. The van der Waals surface area contributed by atoms with Crippen LogP contribution in [0, 0.1) is 11.3 Å². The summed E-state index contributed by atoms with van der Waals surface area (Å²) in [6.07, 6.45) is 3.17. The number of carbonyl (C=O) groups excluding carboxylic acids is 2. The zero-order valence-electron chi connectivity index (χ0n) is 15.7. The van der Waals surface area contributed by atoms with Gasteiger partial charge in [0.2, 0.25) is 0 Å². The zero-order chi connectivity index (χ0) is 21.4. The Morgan fingerprint density at radius 2 is 2.20 bits per heavy atom. The number of fused-ring (bicyclic) bond motifs is 3. The first-order valence-corrected chi connectivity index (χ1v) is 9.61. The third kappa shape index (κ3) is 3.10. The minimum atomic E-state index is -0.492. The highest BCUT2D eigenvalue weighted by atomic mass is 35.5. The van der Waals surface area contributed by atoms with Crippen LogP contribution in [0.1, 0.15) is 10.5 Å². The van der Waals surface area contributed by atoms with E-state index in [9.17, 15) is 9.59 Å². The Morgan fingerprint density at radius 1 is 1.40 bits per heavy atom. The van der Waals surface area contributed by atoms with Gasteiger partial charge in [-0.25, -0.2) is 0 Å². The number of methoxy groups -OCH3 is 1. The van der Waals surface area contributed by atoms with E-state index in [2.05, 4.69) is 10.2 Å². The van der Waals surface area contributed by atoms with Crippen molar-refractivity contribution in [3.8, 4) is 22.9 Å². The van der Waals surface area contributed by atoms with Gasteiger partial charge in [0.15, 0.2) is 6.61 Å². The first-order valence-electron chi connectivity index (χ1n) is 8.86. The second-order valence-electron chi connectivity index (χ2n) is 6.49. The Bertz CT molecular complexity index is 1200. The molecular formula is C19H15Cl2N5O4. The second-order valence-corrected chi connectivity index (χ2v) is 7.27. The van der Waals surface area contributed by atoms with Crippen molar-refractivity contribution in [3.63, 3.8) is 0 Å². The summed E-state index contributed by atoms with van der Waals surface area (Å²) in [6.45, 7) is 0.0312. The minimum Gasteiger partial charge on any atom is -0.478 e. The van der Waals surface area contributed by atoms with Gasteiger partial charge in [0.05, 0.1) is 27.1 Å². The van der Waals surface area contributed by atoms with Crippen LogP contribution in [0.25, 0.3) is 22.0 Å². The van der Waals surface area contributed by atoms with E-state index in [1.54, 1.807) is 17.0 Å². The van der Waals surface area contributed by atoms with Gasteiger partial charge in [-0.15, -0.1) is 0 Å². The molecule has 0 atom stereocenters. The van der Waals surface area contributed by atoms with Crippen LogP contribution in [0.15, 0.2) is 18.5 Å². The normalized spacial score (nSPS) is 13.4. The molecule has 1 aliphatic heterocycles. The Balaban J connectivity index is 2.05. The maximum atomic E-state index is 13.4. The van der Waals surface area contributed by atoms with Gasteiger partial charge in [-0.05, 0) is 0 Å². The molecule has 1 aliphatic rings. The van der Waals surface area contributed by atoms with Gasteiger partial charge in [0, 0.05) is 43.6 Å². The molecule has 0 aliphatic carbocycles. The summed E-state index contributed by atoms with van der Waals surface area (Å²) >= 11 is 12.8. The first-order chi connectivity index (χ1) is 14.5. The number of imide groups is 1. The molecule has 2 aromatic heterocycles. The largest absolute Gasteiger partial charge is 0.478 e. The fourth-order valence-electron chi connectivity index (χ4n) is 3.66. The van der Waals surface area contributed by atoms with Crippen LogP contribution >= 0.6 is 23.2 Å². The Kier molecular flexibility index (Phi) is 5.39. The number of halogens is 2. The lowest BCUT2D eigenvalue weighted by molar-refractivity contribution is -0.132. The predicted octanol–water partition coefficient (Wildman–Crippen LogP) is 2.87. The van der Waals surface area contributed by atoms with Crippen LogP contribution in [0.5, 0.6) is 5.75 Å². The lowest BCUT2D eigenvalue weighted by Gasteiger charge is -2.27. The van der Waals surface area contributed by atoms with E-state index in [1.165, 1.54) is 13.2 Å². The van der Waals surface area contributed by atoms with Gasteiger partial charge in [-0.1, -0.05) is 23.2 Å². The van der Waals surface area contributed by atoms with E-state index in [4.69, 9.17) is 37.9 Å². The van der Waals surface area contributed by atoms with Gasteiger partial charge in [0.1, 0.15) is 24.1 Å². The monoisotopic (exact) mass is 447 g/mol. The van der Waals surface area contributed by atoms with Crippen molar-refractivity contribution in [2.75, 3.05) is 26.9 Å². The summed E-state index contributed by atoms with van der Waals surface area (Å²) in [5.41, 5.74) is 1.84. The molecule has 154 valence electrons. The molecule has 30 heavy (non-hydrogen) atoms. The van der Waals surface area contributed by atoms with E-state index in [1.807, 2.05) is 6.07 Å². The maximum absolute atomic E-state index is 13.4. The number of aromatic nitrogens is 3. The van der Waals surface area contributed by atoms with Gasteiger partial charge in [-0.2, -0.15) is 10.4 Å². The molecule has 1 N–H and O–H groups in total. The standard InChI is InChI=1S/C19H15Cl2N5O4/c1-29-9-13(27)25-3-4-26-17-15(12(30-5-2-22)6-11(20)16(17)21)14(18(26)19(25)28)10-7-23-24-8-10/h6-8H,3-5,9H2,1H3,(H,23,24). The number of ether oxygens (including phenoxy) is 2. The molecule has 0 saturated heterocycles. The van der Waals surface area contributed by atoms with E-state index in [0.717, 1.165) is 4.90 Å². The quantitative estimate of drug-likeness (QED) is 0.642. The van der Waals surface area contributed by atoms with Crippen LogP contribution in [-0.2, 0) is 16.1 Å². The molecule has 0 unspecified atom stereocenters. The van der Waals surface area contributed by atoms with Crippen molar-refractivity contribution in [2.24, 2.45) is 0 Å². The van der Waals surface area contributed by atoms with Crippen LogP contribution < -0.4 is 4.74 Å². The summed E-state index contributed by atoms with van der Waals surface area (Å²) < 4.78 is 12.2.